The Labute approximate surface area is 127 Å². The Morgan fingerprint density at radius 1 is 0.550 bits per heavy atom. The molecule has 0 saturated carbocycles. The van der Waals surface area contributed by atoms with Crippen LogP contribution in [-0.2, 0) is 0 Å². The molecule has 2 nitrogen and oxygen atoms in total. The number of hydrogen-bond acceptors (Lipinski definition) is 2. The van der Waals surface area contributed by atoms with E-state index in [0.29, 0.717) is 0 Å². The highest BCUT2D eigenvalue weighted by molar-refractivity contribution is 4.60. The lowest BCUT2D eigenvalue weighted by molar-refractivity contribution is 0.105. The van der Waals surface area contributed by atoms with Crippen molar-refractivity contribution in [2.75, 3.05) is 0 Å². The van der Waals surface area contributed by atoms with Crippen molar-refractivity contribution in [3.8, 4) is 0 Å². The molecule has 0 rings (SSSR count). The van der Waals surface area contributed by atoms with Crippen LogP contribution in [0.15, 0.2) is 0 Å². The van der Waals surface area contributed by atoms with E-state index in [1.165, 1.54) is 57.8 Å². The highest BCUT2D eigenvalue weighted by Crippen LogP contribution is 2.14. The number of hydrogen-bond donors (Lipinski definition) is 2. The summed E-state index contributed by atoms with van der Waals surface area (Å²) in [5, 5.41) is 19.2. The molecule has 2 N–H and O–H groups in total. The summed E-state index contributed by atoms with van der Waals surface area (Å²) in [7, 11) is 0. The van der Waals surface area contributed by atoms with Crippen LogP contribution in [0.5, 0.6) is 0 Å². The van der Waals surface area contributed by atoms with E-state index in [4.69, 9.17) is 0 Å². The second-order valence-corrected chi connectivity index (χ2v) is 6.26. The zero-order chi connectivity index (χ0) is 15.1. The van der Waals surface area contributed by atoms with Crippen molar-refractivity contribution in [1.82, 2.24) is 0 Å². The summed E-state index contributed by atoms with van der Waals surface area (Å²) < 4.78 is 0. The quantitative estimate of drug-likeness (QED) is 0.406. The summed E-state index contributed by atoms with van der Waals surface area (Å²) in [6, 6.07) is 0. The first kappa shape index (κ1) is 19.9. The molecule has 20 heavy (non-hydrogen) atoms. The summed E-state index contributed by atoms with van der Waals surface area (Å²) >= 11 is 0. The van der Waals surface area contributed by atoms with Crippen LogP contribution in [0.4, 0.5) is 0 Å². The van der Waals surface area contributed by atoms with Crippen molar-refractivity contribution in [1.29, 1.82) is 0 Å². The van der Waals surface area contributed by atoms with Gasteiger partial charge in [-0.2, -0.15) is 0 Å². The van der Waals surface area contributed by atoms with Gasteiger partial charge in [-0.1, -0.05) is 78.1 Å². The molecule has 2 unspecified atom stereocenters. The van der Waals surface area contributed by atoms with Gasteiger partial charge >= 0.3 is 0 Å². The second kappa shape index (κ2) is 15.3. The van der Waals surface area contributed by atoms with Crippen LogP contribution in [0.3, 0.4) is 0 Å². The van der Waals surface area contributed by atoms with Crippen molar-refractivity contribution in [3.63, 3.8) is 0 Å². The molecular formula is C18H38O2. The first-order valence-electron chi connectivity index (χ1n) is 9.06. The van der Waals surface area contributed by atoms with E-state index in [-0.39, 0.29) is 12.2 Å². The van der Waals surface area contributed by atoms with E-state index in [9.17, 15) is 10.2 Å². The average molecular weight is 286 g/mol. The summed E-state index contributed by atoms with van der Waals surface area (Å²) in [6.07, 6.45) is 16.2. The molecule has 0 amide bonds. The third-order valence-electron chi connectivity index (χ3n) is 4.20. The van der Waals surface area contributed by atoms with E-state index in [0.717, 1.165) is 32.1 Å². The van der Waals surface area contributed by atoms with Crippen LogP contribution >= 0.6 is 0 Å². The number of unbranched alkanes of at least 4 members (excludes halogenated alkanes) is 9. The lowest BCUT2D eigenvalue weighted by Crippen LogP contribution is -2.12. The minimum atomic E-state index is -0.225. The van der Waals surface area contributed by atoms with Crippen LogP contribution in [0.1, 0.15) is 104 Å². The highest BCUT2D eigenvalue weighted by Gasteiger charge is 2.07. The maximum atomic E-state index is 9.81. The van der Waals surface area contributed by atoms with Gasteiger partial charge in [-0.3, -0.25) is 0 Å². The topological polar surface area (TPSA) is 40.5 Å². The molecule has 0 aromatic heterocycles. The van der Waals surface area contributed by atoms with Gasteiger partial charge in [0.15, 0.2) is 0 Å². The van der Waals surface area contributed by atoms with Gasteiger partial charge in [0.2, 0.25) is 0 Å². The molecule has 0 aliphatic rings. The highest BCUT2D eigenvalue weighted by atomic mass is 16.3. The lowest BCUT2D eigenvalue weighted by Gasteiger charge is -2.12. The molecular weight excluding hydrogens is 248 g/mol. The molecule has 0 aromatic rings. The summed E-state index contributed by atoms with van der Waals surface area (Å²) in [5.74, 6) is 0. The zero-order valence-electron chi connectivity index (χ0n) is 13.9. The third kappa shape index (κ3) is 14.3. The van der Waals surface area contributed by atoms with Crippen LogP contribution in [0, 0.1) is 0 Å². The van der Waals surface area contributed by atoms with Gasteiger partial charge in [-0.15, -0.1) is 0 Å². The van der Waals surface area contributed by atoms with Gasteiger partial charge in [0.1, 0.15) is 0 Å². The van der Waals surface area contributed by atoms with Crippen LogP contribution in [0.2, 0.25) is 0 Å². The molecule has 0 fully saturated rings. The molecule has 0 spiro atoms. The molecule has 0 aliphatic carbocycles. The second-order valence-electron chi connectivity index (χ2n) is 6.26. The van der Waals surface area contributed by atoms with E-state index in [1.54, 1.807) is 0 Å². The predicted octanol–water partition coefficient (Wildman–Crippen LogP) is 5.21. The minimum absolute atomic E-state index is 0.203. The van der Waals surface area contributed by atoms with Crippen molar-refractivity contribution >= 4 is 0 Å². The van der Waals surface area contributed by atoms with Crippen molar-refractivity contribution < 1.29 is 10.2 Å². The number of aliphatic hydroxyl groups excluding tert-OH is 2. The van der Waals surface area contributed by atoms with Crippen molar-refractivity contribution in [2.24, 2.45) is 0 Å². The SMILES string of the molecule is CCCCCCCCCCCCC(O)CCC(O)CC. The van der Waals surface area contributed by atoms with Gasteiger partial charge in [-0.25, -0.2) is 0 Å². The molecule has 0 radical (unpaired) electrons. The zero-order valence-corrected chi connectivity index (χ0v) is 13.9. The molecule has 0 bridgehead atoms. The fourth-order valence-corrected chi connectivity index (χ4v) is 2.60. The van der Waals surface area contributed by atoms with E-state index >= 15 is 0 Å². The van der Waals surface area contributed by atoms with Gasteiger partial charge in [-0.05, 0) is 25.7 Å². The van der Waals surface area contributed by atoms with Crippen LogP contribution in [-0.4, -0.2) is 22.4 Å². The van der Waals surface area contributed by atoms with Crippen LogP contribution in [0.25, 0.3) is 0 Å². The Bertz CT molecular complexity index is 182. The molecule has 122 valence electrons. The van der Waals surface area contributed by atoms with Crippen molar-refractivity contribution in [3.05, 3.63) is 0 Å². The third-order valence-corrected chi connectivity index (χ3v) is 4.20. The largest absolute Gasteiger partial charge is 0.393 e. The van der Waals surface area contributed by atoms with E-state index in [1.807, 2.05) is 6.92 Å². The summed E-state index contributed by atoms with van der Waals surface area (Å²) in [6.45, 7) is 4.25. The first-order chi connectivity index (χ1) is 9.70. The van der Waals surface area contributed by atoms with Gasteiger partial charge in [0.05, 0.1) is 12.2 Å². The smallest absolute Gasteiger partial charge is 0.0541 e. The Hall–Kier alpha value is -0.0800. The summed E-state index contributed by atoms with van der Waals surface area (Å²) in [4.78, 5) is 0. The van der Waals surface area contributed by atoms with Crippen molar-refractivity contribution in [2.45, 2.75) is 116 Å². The lowest BCUT2D eigenvalue weighted by atomic mass is 10.0. The number of aliphatic hydroxyl groups is 2. The molecule has 0 saturated heterocycles. The maximum Gasteiger partial charge on any atom is 0.0541 e. The predicted molar refractivity (Wildman–Crippen MR) is 88.0 cm³/mol. The molecule has 0 aliphatic heterocycles. The summed E-state index contributed by atoms with van der Waals surface area (Å²) in [5.41, 5.74) is 0. The number of rotatable bonds is 15. The standard InChI is InChI=1S/C18H38O2/c1-3-5-6-7-8-9-10-11-12-13-14-18(20)16-15-17(19)4-2/h17-20H,3-16H2,1-2H3. The molecule has 2 heteroatoms. The van der Waals surface area contributed by atoms with E-state index < -0.39 is 0 Å². The monoisotopic (exact) mass is 286 g/mol. The molecule has 2 atom stereocenters. The maximum absolute atomic E-state index is 9.81. The van der Waals surface area contributed by atoms with E-state index in [2.05, 4.69) is 6.92 Å². The first-order valence-corrected chi connectivity index (χ1v) is 9.06. The molecule has 0 aromatic carbocycles. The van der Waals surface area contributed by atoms with Crippen LogP contribution < -0.4 is 0 Å². The van der Waals surface area contributed by atoms with Gasteiger partial charge in [0, 0.05) is 0 Å². The Kier molecular flexibility index (Phi) is 15.3. The van der Waals surface area contributed by atoms with Gasteiger partial charge < -0.3 is 10.2 Å². The van der Waals surface area contributed by atoms with Gasteiger partial charge in [0.25, 0.3) is 0 Å². The average Bonchev–Trinajstić information content (AvgIpc) is 2.46. The Balaban J connectivity index is 3.15. The minimum Gasteiger partial charge on any atom is -0.393 e. The normalized spacial score (nSPS) is 14.4. The Morgan fingerprint density at radius 3 is 1.50 bits per heavy atom. The molecule has 0 heterocycles. The fourth-order valence-electron chi connectivity index (χ4n) is 2.60. The Morgan fingerprint density at radius 2 is 1.00 bits per heavy atom. The fraction of sp³-hybridized carbons (Fsp3) is 1.00.